The van der Waals surface area contributed by atoms with E-state index in [9.17, 15) is 14.4 Å². The van der Waals surface area contributed by atoms with Gasteiger partial charge in [-0.25, -0.2) is 0 Å². The molecule has 0 amide bonds. The van der Waals surface area contributed by atoms with Gasteiger partial charge in [0.1, 0.15) is 5.76 Å². The average Bonchev–Trinajstić information content (AvgIpc) is 2.60. The Morgan fingerprint density at radius 2 is 1.93 bits per heavy atom. The second-order valence-corrected chi connectivity index (χ2v) is 3.13. The highest BCUT2D eigenvalue weighted by Gasteiger charge is 2.16. The Morgan fingerprint density at radius 3 is 2.47 bits per heavy atom. The zero-order chi connectivity index (χ0) is 11.3. The smallest absolute Gasteiger partial charge is 0.311 e. The molecule has 0 radical (unpaired) electrons. The number of allylic oxidation sites excluding steroid dienone is 2. The van der Waals surface area contributed by atoms with Gasteiger partial charge in [-0.1, -0.05) is 0 Å². The predicted molar refractivity (Wildman–Crippen MR) is 49.7 cm³/mol. The summed E-state index contributed by atoms with van der Waals surface area (Å²) in [6, 6.07) is 0. The number of carbonyl (C=O) groups is 3. The van der Waals surface area contributed by atoms with Crippen LogP contribution in [0, 0.1) is 0 Å². The van der Waals surface area contributed by atoms with Crippen LogP contribution in [0.3, 0.4) is 0 Å². The van der Waals surface area contributed by atoms with Gasteiger partial charge in [0.25, 0.3) is 0 Å². The highest BCUT2D eigenvalue weighted by atomic mass is 16.5. The normalized spacial score (nSPS) is 14.7. The van der Waals surface area contributed by atoms with Crippen molar-refractivity contribution in [1.29, 1.82) is 0 Å². The van der Waals surface area contributed by atoms with E-state index in [1.54, 1.807) is 0 Å². The Hall–Kier alpha value is -1.65. The lowest BCUT2D eigenvalue weighted by molar-refractivity contribution is -0.146. The number of esters is 2. The molecule has 0 aliphatic heterocycles. The van der Waals surface area contributed by atoms with Crippen LogP contribution in [-0.2, 0) is 23.9 Å². The van der Waals surface area contributed by atoms with Crippen LogP contribution >= 0.6 is 0 Å². The van der Waals surface area contributed by atoms with Gasteiger partial charge in [0, 0.05) is 18.9 Å². The third-order valence-electron chi connectivity index (χ3n) is 1.95. The Labute approximate surface area is 87.0 Å². The van der Waals surface area contributed by atoms with Gasteiger partial charge in [-0.2, -0.15) is 0 Å². The lowest BCUT2D eigenvalue weighted by Gasteiger charge is -2.03. The molecule has 0 atom stereocenters. The molecule has 1 aliphatic carbocycles. The van der Waals surface area contributed by atoms with Gasteiger partial charge in [-0.3, -0.25) is 14.4 Å². The first-order chi connectivity index (χ1) is 7.11. The summed E-state index contributed by atoms with van der Waals surface area (Å²) in [5.41, 5.74) is 0. The topological polar surface area (TPSA) is 69.7 Å². The van der Waals surface area contributed by atoms with Crippen LogP contribution < -0.4 is 0 Å². The van der Waals surface area contributed by atoms with Crippen LogP contribution in [0.2, 0.25) is 0 Å². The number of ketones is 1. The summed E-state index contributed by atoms with van der Waals surface area (Å²) in [6.45, 7) is 0. The van der Waals surface area contributed by atoms with Crippen molar-refractivity contribution in [3.8, 4) is 0 Å². The van der Waals surface area contributed by atoms with E-state index in [0.29, 0.717) is 18.6 Å². The lowest BCUT2D eigenvalue weighted by Crippen LogP contribution is -2.08. The Kier molecular flexibility index (Phi) is 4.03. The molecule has 0 saturated heterocycles. The summed E-state index contributed by atoms with van der Waals surface area (Å²) < 4.78 is 9.24. The van der Waals surface area contributed by atoms with Crippen LogP contribution in [0.4, 0.5) is 0 Å². The monoisotopic (exact) mass is 212 g/mol. The number of carbonyl (C=O) groups excluding carboxylic acids is 3. The average molecular weight is 212 g/mol. The molecule has 82 valence electrons. The van der Waals surface area contributed by atoms with Crippen molar-refractivity contribution in [1.82, 2.24) is 0 Å². The lowest BCUT2D eigenvalue weighted by atomic mass is 10.3. The standard InChI is InChI=1S/C10H12O5/c1-14-9(12)4-5-10(13)15-8-3-2-7(11)6-8/h6H,2-5H2,1H3. The minimum atomic E-state index is -0.513. The first kappa shape index (κ1) is 11.4. The van der Waals surface area contributed by atoms with Crippen molar-refractivity contribution < 1.29 is 23.9 Å². The van der Waals surface area contributed by atoms with Gasteiger partial charge in [0.05, 0.1) is 20.0 Å². The number of rotatable bonds is 4. The Balaban J connectivity index is 2.27. The number of ether oxygens (including phenoxy) is 2. The van der Waals surface area contributed by atoms with Gasteiger partial charge < -0.3 is 9.47 Å². The summed E-state index contributed by atoms with van der Waals surface area (Å²) in [6.07, 6.45) is 2.13. The zero-order valence-corrected chi connectivity index (χ0v) is 8.45. The molecular weight excluding hydrogens is 200 g/mol. The van der Waals surface area contributed by atoms with E-state index in [2.05, 4.69) is 4.74 Å². The van der Waals surface area contributed by atoms with Crippen LogP contribution in [0.25, 0.3) is 0 Å². The molecule has 15 heavy (non-hydrogen) atoms. The fourth-order valence-electron chi connectivity index (χ4n) is 1.15. The van der Waals surface area contributed by atoms with Gasteiger partial charge in [0.15, 0.2) is 5.78 Å². The highest BCUT2D eigenvalue weighted by molar-refractivity contribution is 5.93. The third kappa shape index (κ3) is 3.93. The van der Waals surface area contributed by atoms with E-state index < -0.39 is 11.9 Å². The Bertz CT molecular complexity index is 316. The number of methoxy groups -OCH3 is 1. The molecule has 0 fully saturated rings. The van der Waals surface area contributed by atoms with E-state index in [1.165, 1.54) is 13.2 Å². The van der Waals surface area contributed by atoms with Crippen LogP contribution in [0.15, 0.2) is 11.8 Å². The second-order valence-electron chi connectivity index (χ2n) is 3.13. The molecule has 0 spiro atoms. The van der Waals surface area contributed by atoms with E-state index >= 15 is 0 Å². The summed E-state index contributed by atoms with van der Waals surface area (Å²) in [5, 5.41) is 0. The molecular formula is C10H12O5. The Morgan fingerprint density at radius 1 is 1.27 bits per heavy atom. The van der Waals surface area contributed by atoms with Gasteiger partial charge in [-0.15, -0.1) is 0 Å². The molecule has 0 aromatic heterocycles. The third-order valence-corrected chi connectivity index (χ3v) is 1.95. The first-order valence-electron chi connectivity index (χ1n) is 4.62. The highest BCUT2D eigenvalue weighted by Crippen LogP contribution is 2.16. The van der Waals surface area contributed by atoms with Gasteiger partial charge in [-0.05, 0) is 0 Å². The van der Waals surface area contributed by atoms with E-state index in [0.717, 1.165) is 0 Å². The first-order valence-corrected chi connectivity index (χ1v) is 4.62. The van der Waals surface area contributed by atoms with Crippen molar-refractivity contribution in [2.24, 2.45) is 0 Å². The fraction of sp³-hybridized carbons (Fsp3) is 0.500. The van der Waals surface area contributed by atoms with Crippen molar-refractivity contribution in [2.45, 2.75) is 25.7 Å². The molecule has 0 saturated carbocycles. The molecule has 5 heteroatoms. The van der Waals surface area contributed by atoms with Gasteiger partial charge in [0.2, 0.25) is 0 Å². The summed E-state index contributed by atoms with van der Waals surface area (Å²) in [4.78, 5) is 32.7. The van der Waals surface area contributed by atoms with Crippen LogP contribution in [-0.4, -0.2) is 24.8 Å². The van der Waals surface area contributed by atoms with Crippen molar-refractivity contribution >= 4 is 17.7 Å². The molecule has 0 heterocycles. The van der Waals surface area contributed by atoms with E-state index in [4.69, 9.17) is 4.74 Å². The maximum absolute atomic E-state index is 11.1. The van der Waals surface area contributed by atoms with Crippen LogP contribution in [0.1, 0.15) is 25.7 Å². The molecule has 1 aliphatic rings. The van der Waals surface area contributed by atoms with Crippen molar-refractivity contribution in [2.75, 3.05) is 7.11 Å². The summed E-state index contributed by atoms with van der Waals surface area (Å²) in [5.74, 6) is -0.620. The molecule has 0 N–H and O–H groups in total. The zero-order valence-electron chi connectivity index (χ0n) is 8.45. The minimum Gasteiger partial charge on any atom is -0.469 e. The van der Waals surface area contributed by atoms with E-state index in [-0.39, 0.29) is 18.6 Å². The van der Waals surface area contributed by atoms with Gasteiger partial charge >= 0.3 is 11.9 Å². The SMILES string of the molecule is COC(=O)CCC(=O)OC1=CC(=O)CC1. The molecule has 5 nitrogen and oxygen atoms in total. The maximum atomic E-state index is 11.1. The van der Waals surface area contributed by atoms with Crippen molar-refractivity contribution in [3.05, 3.63) is 11.8 Å². The molecule has 1 rings (SSSR count). The molecule has 0 bridgehead atoms. The fourth-order valence-corrected chi connectivity index (χ4v) is 1.15. The van der Waals surface area contributed by atoms with E-state index in [1.807, 2.05) is 0 Å². The largest absolute Gasteiger partial charge is 0.469 e. The molecule has 0 aromatic rings. The summed E-state index contributed by atoms with van der Waals surface area (Å²) in [7, 11) is 1.26. The maximum Gasteiger partial charge on any atom is 0.311 e. The minimum absolute atomic E-state index is 0.00341. The number of hydrogen-bond acceptors (Lipinski definition) is 5. The second kappa shape index (κ2) is 5.29. The van der Waals surface area contributed by atoms with Crippen LogP contribution in [0.5, 0.6) is 0 Å². The molecule has 0 aromatic carbocycles. The number of hydrogen-bond donors (Lipinski definition) is 0. The quantitative estimate of drug-likeness (QED) is 0.642. The predicted octanol–water partition coefficient (Wildman–Crippen LogP) is 0.730. The molecule has 0 unspecified atom stereocenters. The van der Waals surface area contributed by atoms with Crippen molar-refractivity contribution in [3.63, 3.8) is 0 Å². The summed E-state index contributed by atoms with van der Waals surface area (Å²) >= 11 is 0.